The van der Waals surface area contributed by atoms with Gasteiger partial charge in [-0.15, -0.1) is 0 Å². The molecule has 7 heavy (non-hydrogen) atoms. The summed E-state index contributed by atoms with van der Waals surface area (Å²) in [4.78, 5) is 4.09. The zero-order chi connectivity index (χ0) is 5.28. The van der Waals surface area contributed by atoms with Crippen LogP contribution in [0, 0.1) is 0 Å². The normalized spacial score (nSPS) is 19.1. The fourth-order valence-electron chi connectivity index (χ4n) is 0.486. The van der Waals surface area contributed by atoms with Crippen molar-refractivity contribution in [3.63, 3.8) is 0 Å². The summed E-state index contributed by atoms with van der Waals surface area (Å²) in [5.74, 6) is 0. The highest BCUT2D eigenvalue weighted by Crippen LogP contribution is 2.11. The van der Waals surface area contributed by atoms with Gasteiger partial charge in [-0.3, -0.25) is 4.99 Å². The van der Waals surface area contributed by atoms with Crippen LogP contribution in [-0.2, 0) is 0 Å². The predicted molar refractivity (Wildman–Crippen MR) is 35.0 cm³/mol. The second-order valence-corrected chi connectivity index (χ2v) is 2.33. The van der Waals surface area contributed by atoms with Crippen molar-refractivity contribution >= 4 is 21.6 Å². The maximum absolute atomic E-state index is 4.09. The van der Waals surface area contributed by atoms with Crippen LogP contribution >= 0.6 is 15.9 Å². The molecule has 0 aliphatic carbocycles. The van der Waals surface area contributed by atoms with Crippen molar-refractivity contribution < 1.29 is 0 Å². The molecule has 1 aliphatic rings. The summed E-state index contributed by atoms with van der Waals surface area (Å²) in [6.07, 6.45) is 2.05. The molecule has 1 aliphatic heterocycles. The van der Waals surface area contributed by atoms with Crippen LogP contribution in [0.3, 0.4) is 0 Å². The van der Waals surface area contributed by atoms with Gasteiger partial charge in [0.25, 0.3) is 0 Å². The van der Waals surface area contributed by atoms with Gasteiger partial charge in [-0.25, -0.2) is 0 Å². The van der Waals surface area contributed by atoms with E-state index in [4.69, 9.17) is 0 Å². The zero-order valence-electron chi connectivity index (χ0n) is 4.11. The van der Waals surface area contributed by atoms with Crippen molar-refractivity contribution in [2.75, 3.05) is 6.54 Å². The van der Waals surface area contributed by atoms with Crippen LogP contribution < -0.4 is 0 Å². The Morgan fingerprint density at radius 2 is 2.57 bits per heavy atom. The molecule has 1 rings (SSSR count). The van der Waals surface area contributed by atoms with Crippen molar-refractivity contribution in [2.45, 2.75) is 6.92 Å². The van der Waals surface area contributed by atoms with Crippen LogP contribution in [-0.4, -0.2) is 12.3 Å². The van der Waals surface area contributed by atoms with Gasteiger partial charge in [0.15, 0.2) is 0 Å². The third-order valence-electron chi connectivity index (χ3n) is 0.945. The van der Waals surface area contributed by atoms with Crippen LogP contribution in [0.5, 0.6) is 0 Å². The van der Waals surface area contributed by atoms with Crippen LogP contribution in [0.15, 0.2) is 15.6 Å². The molecule has 0 fully saturated rings. The van der Waals surface area contributed by atoms with E-state index in [0.717, 1.165) is 16.7 Å². The summed E-state index contributed by atoms with van der Waals surface area (Å²) >= 11 is 3.33. The van der Waals surface area contributed by atoms with Gasteiger partial charge in [0.2, 0.25) is 0 Å². The highest BCUT2D eigenvalue weighted by atomic mass is 79.9. The molecule has 0 spiro atoms. The molecule has 38 valence electrons. The van der Waals surface area contributed by atoms with Gasteiger partial charge < -0.3 is 0 Å². The SMILES string of the molecule is CC1=NCC=C1Br. The van der Waals surface area contributed by atoms with E-state index in [2.05, 4.69) is 27.0 Å². The maximum Gasteiger partial charge on any atom is 0.0588 e. The van der Waals surface area contributed by atoms with Crippen molar-refractivity contribution in [1.29, 1.82) is 0 Å². The van der Waals surface area contributed by atoms with Gasteiger partial charge in [0.05, 0.1) is 6.54 Å². The Morgan fingerprint density at radius 3 is 2.71 bits per heavy atom. The minimum Gasteiger partial charge on any atom is -0.285 e. The second-order valence-electron chi connectivity index (χ2n) is 1.48. The van der Waals surface area contributed by atoms with E-state index in [1.807, 2.05) is 6.92 Å². The number of hydrogen-bond acceptors (Lipinski definition) is 1. The lowest BCUT2D eigenvalue weighted by Gasteiger charge is -1.82. The Labute approximate surface area is 51.3 Å². The fourth-order valence-corrected chi connectivity index (χ4v) is 0.756. The van der Waals surface area contributed by atoms with Crippen LogP contribution in [0.25, 0.3) is 0 Å². The summed E-state index contributed by atoms with van der Waals surface area (Å²) in [6.45, 7) is 2.85. The average Bonchev–Trinajstić information content (AvgIpc) is 1.91. The Balaban J connectivity index is 2.78. The second kappa shape index (κ2) is 1.78. The van der Waals surface area contributed by atoms with Crippen molar-refractivity contribution in [3.8, 4) is 0 Å². The number of aliphatic imine (C=N–C) groups is 1. The first kappa shape index (κ1) is 5.04. The molecule has 0 atom stereocenters. The highest BCUT2D eigenvalue weighted by molar-refractivity contribution is 9.12. The highest BCUT2D eigenvalue weighted by Gasteiger charge is 1.99. The van der Waals surface area contributed by atoms with E-state index in [9.17, 15) is 0 Å². The first-order valence-electron chi connectivity index (χ1n) is 2.18. The number of hydrogen-bond donors (Lipinski definition) is 0. The third-order valence-corrected chi connectivity index (χ3v) is 1.84. The van der Waals surface area contributed by atoms with Gasteiger partial charge in [-0.1, -0.05) is 0 Å². The van der Waals surface area contributed by atoms with E-state index in [0.29, 0.717) is 0 Å². The van der Waals surface area contributed by atoms with E-state index in [1.165, 1.54) is 0 Å². The van der Waals surface area contributed by atoms with E-state index >= 15 is 0 Å². The summed E-state index contributed by atoms with van der Waals surface area (Å²) < 4.78 is 1.15. The summed E-state index contributed by atoms with van der Waals surface area (Å²) in [5, 5.41) is 0. The summed E-state index contributed by atoms with van der Waals surface area (Å²) in [7, 11) is 0. The lowest BCUT2D eigenvalue weighted by Crippen LogP contribution is -1.81. The van der Waals surface area contributed by atoms with E-state index < -0.39 is 0 Å². The molecule has 1 heterocycles. The molecule has 0 N–H and O–H groups in total. The van der Waals surface area contributed by atoms with Crippen LogP contribution in [0.1, 0.15) is 6.92 Å². The average molecular weight is 160 g/mol. The molecule has 0 aromatic carbocycles. The molecule has 0 radical (unpaired) electrons. The molecular formula is C5H6BrN. The number of allylic oxidation sites excluding steroid dienone is 1. The predicted octanol–water partition coefficient (Wildman–Crippen LogP) is 1.74. The standard InChI is InChI=1S/C5H6BrN/c1-4-5(6)2-3-7-4/h2H,3H2,1H3. The topological polar surface area (TPSA) is 12.4 Å². The molecule has 0 amide bonds. The Bertz CT molecular complexity index is 119. The van der Waals surface area contributed by atoms with Crippen molar-refractivity contribution in [2.24, 2.45) is 4.99 Å². The van der Waals surface area contributed by atoms with Crippen molar-refractivity contribution in [1.82, 2.24) is 0 Å². The quantitative estimate of drug-likeness (QED) is 0.511. The third kappa shape index (κ3) is 0.911. The molecule has 0 bridgehead atoms. The first-order chi connectivity index (χ1) is 3.30. The van der Waals surface area contributed by atoms with E-state index in [-0.39, 0.29) is 0 Å². The Hall–Kier alpha value is -0.110. The lowest BCUT2D eigenvalue weighted by molar-refractivity contribution is 1.28. The van der Waals surface area contributed by atoms with Crippen LogP contribution in [0.2, 0.25) is 0 Å². The molecule has 1 nitrogen and oxygen atoms in total. The number of halogens is 1. The van der Waals surface area contributed by atoms with Gasteiger partial charge in [0.1, 0.15) is 0 Å². The maximum atomic E-state index is 4.09. The summed E-state index contributed by atoms with van der Waals surface area (Å²) in [5.41, 5.74) is 1.11. The smallest absolute Gasteiger partial charge is 0.0588 e. The fraction of sp³-hybridized carbons (Fsp3) is 0.400. The van der Waals surface area contributed by atoms with Gasteiger partial charge in [0, 0.05) is 10.2 Å². The Kier molecular flexibility index (Phi) is 1.28. The van der Waals surface area contributed by atoms with Crippen LogP contribution in [0.4, 0.5) is 0 Å². The monoisotopic (exact) mass is 159 g/mol. The molecule has 2 heteroatoms. The lowest BCUT2D eigenvalue weighted by atomic mass is 10.4. The zero-order valence-corrected chi connectivity index (χ0v) is 5.70. The van der Waals surface area contributed by atoms with E-state index in [1.54, 1.807) is 0 Å². The van der Waals surface area contributed by atoms with Gasteiger partial charge in [-0.2, -0.15) is 0 Å². The minimum absolute atomic E-state index is 0.854. The molecule has 0 unspecified atom stereocenters. The molecule has 0 saturated heterocycles. The van der Waals surface area contributed by atoms with Gasteiger partial charge in [-0.05, 0) is 28.9 Å². The molecule has 0 aromatic rings. The minimum atomic E-state index is 0.854. The molecule has 0 aromatic heterocycles. The number of nitrogens with zero attached hydrogens (tertiary/aromatic N) is 1. The molecular weight excluding hydrogens is 154 g/mol. The van der Waals surface area contributed by atoms with Crippen molar-refractivity contribution in [3.05, 3.63) is 10.6 Å². The van der Waals surface area contributed by atoms with Gasteiger partial charge >= 0.3 is 0 Å². The number of rotatable bonds is 0. The Morgan fingerprint density at radius 1 is 1.86 bits per heavy atom. The largest absolute Gasteiger partial charge is 0.285 e. The molecule has 0 saturated carbocycles. The summed E-state index contributed by atoms with van der Waals surface area (Å²) in [6, 6.07) is 0. The first-order valence-corrected chi connectivity index (χ1v) is 2.97.